The van der Waals surface area contributed by atoms with Crippen molar-refractivity contribution in [3.8, 4) is 5.75 Å². The van der Waals surface area contributed by atoms with Crippen molar-refractivity contribution in [1.29, 1.82) is 0 Å². The number of nitrogens with zero attached hydrogens (tertiary/aromatic N) is 4. The maximum absolute atomic E-state index is 13.0. The summed E-state index contributed by atoms with van der Waals surface area (Å²) in [6.45, 7) is 1.74. The molecule has 1 unspecified atom stereocenters. The standard InChI is InChI=1S/C20H15ClN4O4S/c1-10-23-24-20(30-10)25-16(13-5-3-4-8-22-13)15(18(27)19(25)28)17(26)12-9-11(21)6-7-14(12)29-2/h3-9,16,26H,1-2H3/b17-15+. The zero-order valence-electron chi connectivity index (χ0n) is 15.9. The zero-order chi connectivity index (χ0) is 21.4. The first-order valence-corrected chi connectivity index (χ1v) is 9.97. The Labute approximate surface area is 180 Å². The van der Waals surface area contributed by atoms with Gasteiger partial charge in [0.15, 0.2) is 0 Å². The minimum Gasteiger partial charge on any atom is -0.507 e. The van der Waals surface area contributed by atoms with Crippen LogP contribution in [0.15, 0.2) is 48.2 Å². The van der Waals surface area contributed by atoms with E-state index in [0.29, 0.717) is 21.5 Å². The molecule has 1 saturated heterocycles. The number of Topliss-reactive ketones (excluding diaryl/α,β-unsaturated/α-hetero) is 1. The van der Waals surface area contributed by atoms with Crippen molar-refractivity contribution in [2.45, 2.75) is 13.0 Å². The summed E-state index contributed by atoms with van der Waals surface area (Å²) in [7, 11) is 1.43. The van der Waals surface area contributed by atoms with Crippen LogP contribution in [-0.4, -0.2) is 39.1 Å². The normalized spacial score (nSPS) is 18.1. The third kappa shape index (κ3) is 3.31. The Morgan fingerprint density at radius 3 is 2.67 bits per heavy atom. The van der Waals surface area contributed by atoms with Crippen LogP contribution in [0.25, 0.3) is 5.76 Å². The van der Waals surface area contributed by atoms with Crippen molar-refractivity contribution < 1.29 is 19.4 Å². The van der Waals surface area contributed by atoms with Gasteiger partial charge in [-0.2, -0.15) is 0 Å². The molecule has 1 aromatic carbocycles. The van der Waals surface area contributed by atoms with Gasteiger partial charge in [-0.15, -0.1) is 10.2 Å². The summed E-state index contributed by atoms with van der Waals surface area (Å²) in [4.78, 5) is 31.5. The number of ketones is 1. The molecule has 0 spiro atoms. The monoisotopic (exact) mass is 442 g/mol. The van der Waals surface area contributed by atoms with Crippen molar-refractivity contribution in [3.63, 3.8) is 0 Å². The Morgan fingerprint density at radius 1 is 1.23 bits per heavy atom. The molecular weight excluding hydrogens is 428 g/mol. The first-order valence-electron chi connectivity index (χ1n) is 8.78. The number of ether oxygens (including phenoxy) is 1. The topological polar surface area (TPSA) is 106 Å². The zero-order valence-corrected chi connectivity index (χ0v) is 17.4. The van der Waals surface area contributed by atoms with Gasteiger partial charge in [-0.25, -0.2) is 0 Å². The second-order valence-electron chi connectivity index (χ2n) is 6.37. The number of aliphatic hydroxyl groups is 1. The molecule has 4 rings (SSSR count). The lowest BCUT2D eigenvalue weighted by Crippen LogP contribution is -2.29. The average molecular weight is 443 g/mol. The van der Waals surface area contributed by atoms with E-state index in [1.807, 2.05) is 0 Å². The van der Waals surface area contributed by atoms with Gasteiger partial charge in [0.25, 0.3) is 5.78 Å². The van der Waals surface area contributed by atoms with Gasteiger partial charge in [0.2, 0.25) is 5.13 Å². The number of methoxy groups -OCH3 is 1. The minimum absolute atomic E-state index is 0.132. The highest BCUT2D eigenvalue weighted by Crippen LogP contribution is 2.43. The maximum Gasteiger partial charge on any atom is 0.302 e. The molecule has 0 bridgehead atoms. The van der Waals surface area contributed by atoms with Crippen LogP contribution >= 0.6 is 22.9 Å². The Morgan fingerprint density at radius 2 is 2.03 bits per heavy atom. The quantitative estimate of drug-likeness (QED) is 0.374. The van der Waals surface area contributed by atoms with Gasteiger partial charge in [0.1, 0.15) is 22.6 Å². The summed E-state index contributed by atoms with van der Waals surface area (Å²) >= 11 is 7.25. The number of amides is 1. The fraction of sp³-hybridized carbons (Fsp3) is 0.150. The lowest BCUT2D eigenvalue weighted by molar-refractivity contribution is -0.132. The molecule has 152 valence electrons. The fourth-order valence-electron chi connectivity index (χ4n) is 3.24. The predicted molar refractivity (Wildman–Crippen MR) is 112 cm³/mol. The van der Waals surface area contributed by atoms with Crippen molar-refractivity contribution >= 4 is 45.5 Å². The van der Waals surface area contributed by atoms with Gasteiger partial charge in [0.05, 0.1) is 23.9 Å². The summed E-state index contributed by atoms with van der Waals surface area (Å²) in [5.74, 6) is -1.80. The lowest BCUT2D eigenvalue weighted by atomic mass is 9.98. The number of hydrogen-bond donors (Lipinski definition) is 1. The Balaban J connectivity index is 1.98. The summed E-state index contributed by atoms with van der Waals surface area (Å²) in [5, 5.41) is 20.3. The van der Waals surface area contributed by atoms with Gasteiger partial charge in [-0.1, -0.05) is 29.0 Å². The number of carbonyl (C=O) groups excluding carboxylic acids is 2. The Bertz CT molecular complexity index is 1180. The fourth-order valence-corrected chi connectivity index (χ4v) is 4.13. The number of aliphatic hydroxyl groups excluding tert-OH is 1. The van der Waals surface area contributed by atoms with Crippen molar-refractivity contribution in [3.05, 3.63) is 69.5 Å². The molecule has 0 radical (unpaired) electrons. The average Bonchev–Trinajstić information content (AvgIpc) is 3.29. The van der Waals surface area contributed by atoms with E-state index in [1.54, 1.807) is 43.5 Å². The highest BCUT2D eigenvalue weighted by atomic mass is 35.5. The molecule has 1 atom stereocenters. The van der Waals surface area contributed by atoms with E-state index in [0.717, 1.165) is 11.3 Å². The smallest absolute Gasteiger partial charge is 0.302 e. The highest BCUT2D eigenvalue weighted by molar-refractivity contribution is 7.15. The third-order valence-electron chi connectivity index (χ3n) is 4.55. The van der Waals surface area contributed by atoms with Crippen LogP contribution in [0.4, 0.5) is 5.13 Å². The van der Waals surface area contributed by atoms with Crippen LogP contribution in [0.3, 0.4) is 0 Å². The van der Waals surface area contributed by atoms with E-state index in [-0.39, 0.29) is 16.3 Å². The van der Waals surface area contributed by atoms with Crippen molar-refractivity contribution in [1.82, 2.24) is 15.2 Å². The van der Waals surface area contributed by atoms with Gasteiger partial charge >= 0.3 is 5.91 Å². The number of carbonyl (C=O) groups is 2. The molecule has 30 heavy (non-hydrogen) atoms. The number of hydrogen-bond acceptors (Lipinski definition) is 8. The van der Waals surface area contributed by atoms with Crippen LogP contribution in [0.1, 0.15) is 22.3 Å². The molecular formula is C20H15ClN4O4S. The molecule has 3 aromatic rings. The molecule has 2 aromatic heterocycles. The molecule has 1 N–H and O–H groups in total. The number of halogens is 1. The van der Waals surface area contributed by atoms with E-state index in [2.05, 4.69) is 15.2 Å². The van der Waals surface area contributed by atoms with Gasteiger partial charge in [-0.05, 0) is 37.3 Å². The van der Waals surface area contributed by atoms with Gasteiger partial charge in [-0.3, -0.25) is 19.5 Å². The van der Waals surface area contributed by atoms with Crippen molar-refractivity contribution in [2.75, 3.05) is 12.0 Å². The van der Waals surface area contributed by atoms with E-state index >= 15 is 0 Å². The van der Waals surface area contributed by atoms with Gasteiger partial charge in [0, 0.05) is 11.2 Å². The molecule has 1 amide bonds. The van der Waals surface area contributed by atoms with E-state index in [4.69, 9.17) is 16.3 Å². The summed E-state index contributed by atoms with van der Waals surface area (Å²) in [6.07, 6.45) is 1.54. The Kier molecular flexibility index (Phi) is 5.23. The molecule has 1 fully saturated rings. The minimum atomic E-state index is -0.984. The summed E-state index contributed by atoms with van der Waals surface area (Å²) in [6, 6.07) is 8.75. The number of rotatable bonds is 4. The maximum atomic E-state index is 13.0. The van der Waals surface area contributed by atoms with Crippen LogP contribution in [-0.2, 0) is 9.59 Å². The highest BCUT2D eigenvalue weighted by Gasteiger charge is 2.49. The lowest BCUT2D eigenvalue weighted by Gasteiger charge is -2.21. The van der Waals surface area contributed by atoms with Crippen LogP contribution in [0, 0.1) is 6.92 Å². The number of aryl methyl sites for hydroxylation is 1. The van der Waals surface area contributed by atoms with Crippen LogP contribution in [0.5, 0.6) is 5.75 Å². The molecule has 0 aliphatic carbocycles. The molecule has 0 saturated carbocycles. The number of anilines is 1. The van der Waals surface area contributed by atoms with Gasteiger partial charge < -0.3 is 9.84 Å². The molecule has 8 nitrogen and oxygen atoms in total. The predicted octanol–water partition coefficient (Wildman–Crippen LogP) is 3.53. The number of benzene rings is 1. The molecule has 1 aliphatic rings. The first kappa shape index (κ1) is 20.0. The van der Waals surface area contributed by atoms with Crippen LogP contribution < -0.4 is 9.64 Å². The number of aromatic nitrogens is 3. The summed E-state index contributed by atoms with van der Waals surface area (Å²) < 4.78 is 5.30. The largest absolute Gasteiger partial charge is 0.507 e. The van der Waals surface area contributed by atoms with E-state index < -0.39 is 23.5 Å². The molecule has 3 heterocycles. The van der Waals surface area contributed by atoms with Crippen molar-refractivity contribution in [2.24, 2.45) is 0 Å². The second kappa shape index (κ2) is 7.85. The molecule has 1 aliphatic heterocycles. The third-order valence-corrected chi connectivity index (χ3v) is 5.62. The Hall–Kier alpha value is -3.30. The van der Waals surface area contributed by atoms with E-state index in [1.165, 1.54) is 18.1 Å². The second-order valence-corrected chi connectivity index (χ2v) is 7.97. The van der Waals surface area contributed by atoms with E-state index in [9.17, 15) is 14.7 Å². The number of pyridine rings is 1. The first-order chi connectivity index (χ1) is 14.4. The van der Waals surface area contributed by atoms with Crippen LogP contribution in [0.2, 0.25) is 5.02 Å². The summed E-state index contributed by atoms with van der Waals surface area (Å²) in [5.41, 5.74) is 0.455. The SMILES string of the molecule is COc1ccc(Cl)cc1/C(O)=C1\C(=O)C(=O)N(c2nnc(C)s2)C1c1ccccn1. The molecule has 10 heteroatoms.